The molecular weight excluding hydrogens is 390 g/mol. The van der Waals surface area contributed by atoms with Gasteiger partial charge in [-0.05, 0) is 48.4 Å². The van der Waals surface area contributed by atoms with E-state index in [1.807, 2.05) is 67.6 Å². The second-order valence-corrected chi connectivity index (χ2v) is 7.28. The van der Waals surface area contributed by atoms with Crippen molar-refractivity contribution in [1.29, 1.82) is 0 Å². The van der Waals surface area contributed by atoms with Crippen molar-refractivity contribution in [3.8, 4) is 0 Å². The van der Waals surface area contributed by atoms with E-state index in [0.717, 1.165) is 54.5 Å². The first-order chi connectivity index (χ1) is 15.2. The van der Waals surface area contributed by atoms with Crippen molar-refractivity contribution in [3.05, 3.63) is 78.0 Å². The Morgan fingerprint density at radius 2 is 1.81 bits per heavy atom. The van der Waals surface area contributed by atoms with E-state index in [-0.39, 0.29) is 5.91 Å². The van der Waals surface area contributed by atoms with E-state index in [1.54, 1.807) is 12.3 Å². The van der Waals surface area contributed by atoms with E-state index in [2.05, 4.69) is 25.7 Å². The first kappa shape index (κ1) is 20.6. The Morgan fingerprint density at radius 1 is 1.06 bits per heavy atom. The van der Waals surface area contributed by atoms with Gasteiger partial charge in [-0.3, -0.25) is 4.79 Å². The minimum absolute atomic E-state index is 0.173. The Kier molecular flexibility index (Phi) is 6.54. The molecule has 1 aliphatic rings. The Balaban J connectivity index is 1.35. The van der Waals surface area contributed by atoms with Crippen LogP contribution < -0.4 is 15.5 Å². The Morgan fingerprint density at radius 3 is 2.58 bits per heavy atom. The Hall–Kier alpha value is -3.71. The lowest BCUT2D eigenvalue weighted by Crippen LogP contribution is -2.36. The van der Waals surface area contributed by atoms with Crippen molar-refractivity contribution < 1.29 is 9.53 Å². The molecule has 2 N–H and O–H groups in total. The average Bonchev–Trinajstić information content (AvgIpc) is 2.81. The third-order valence-electron chi connectivity index (χ3n) is 5.04. The normalized spacial score (nSPS) is 13.9. The fourth-order valence-electron chi connectivity index (χ4n) is 3.32. The van der Waals surface area contributed by atoms with Crippen LogP contribution in [0.4, 0.5) is 22.9 Å². The first-order valence-electron chi connectivity index (χ1n) is 10.2. The summed E-state index contributed by atoms with van der Waals surface area (Å²) in [6.45, 7) is 5.15. The molecule has 0 unspecified atom stereocenters. The summed E-state index contributed by atoms with van der Waals surface area (Å²) in [6, 6.07) is 17.4. The molecule has 0 atom stereocenters. The summed E-state index contributed by atoms with van der Waals surface area (Å²) >= 11 is 0. The van der Waals surface area contributed by atoms with Gasteiger partial charge in [-0.1, -0.05) is 24.3 Å². The molecule has 2 aromatic carbocycles. The highest BCUT2D eigenvalue weighted by Crippen LogP contribution is 2.21. The van der Waals surface area contributed by atoms with Crippen LogP contribution in [0.2, 0.25) is 0 Å². The molecule has 0 aliphatic carbocycles. The van der Waals surface area contributed by atoms with Gasteiger partial charge in [-0.2, -0.15) is 5.10 Å². The number of nitrogens with zero attached hydrogens (tertiary/aromatic N) is 3. The molecule has 158 valence electrons. The maximum absolute atomic E-state index is 12.2. The molecule has 1 saturated heterocycles. The van der Waals surface area contributed by atoms with Crippen LogP contribution in [0.15, 0.2) is 66.9 Å². The third-order valence-corrected chi connectivity index (χ3v) is 5.04. The number of hydrogen-bond acceptors (Lipinski definition) is 6. The molecule has 7 heteroatoms. The van der Waals surface area contributed by atoms with Gasteiger partial charge in [-0.25, -0.2) is 0 Å². The van der Waals surface area contributed by atoms with Crippen molar-refractivity contribution in [3.63, 3.8) is 0 Å². The molecule has 1 fully saturated rings. The standard InChI is InChI=1S/C24H25N5O2/c1-18-4-2-3-5-19(18)6-11-24(30)27-21-9-7-20(8-10-21)26-23-16-22(17-25-28-23)29-12-14-31-15-13-29/h2-11,16-17H,12-15H2,1H3,(H,26,28)(H,27,30)/b11-6+. The molecule has 1 aliphatic heterocycles. The first-order valence-corrected chi connectivity index (χ1v) is 10.2. The predicted molar refractivity (Wildman–Crippen MR) is 124 cm³/mol. The zero-order valence-corrected chi connectivity index (χ0v) is 17.4. The molecule has 0 bridgehead atoms. The summed E-state index contributed by atoms with van der Waals surface area (Å²) in [5.41, 5.74) is 4.76. The maximum Gasteiger partial charge on any atom is 0.248 e. The number of carbonyl (C=O) groups excluding carboxylic acids is 1. The second kappa shape index (κ2) is 9.86. The Labute approximate surface area is 181 Å². The zero-order valence-electron chi connectivity index (χ0n) is 17.4. The molecule has 0 spiro atoms. The number of aromatic nitrogens is 2. The van der Waals surface area contributed by atoms with Crippen LogP contribution >= 0.6 is 0 Å². The smallest absolute Gasteiger partial charge is 0.248 e. The van der Waals surface area contributed by atoms with Crippen LogP contribution in [-0.2, 0) is 9.53 Å². The van der Waals surface area contributed by atoms with Crippen molar-refractivity contribution in [2.24, 2.45) is 0 Å². The number of anilines is 4. The van der Waals surface area contributed by atoms with Crippen LogP contribution in [0.1, 0.15) is 11.1 Å². The van der Waals surface area contributed by atoms with Crippen molar-refractivity contribution >= 4 is 34.9 Å². The van der Waals surface area contributed by atoms with Gasteiger partial charge in [0.2, 0.25) is 5.91 Å². The van der Waals surface area contributed by atoms with Gasteiger partial charge in [-0.15, -0.1) is 5.10 Å². The molecule has 4 rings (SSSR count). The van der Waals surface area contributed by atoms with Crippen LogP contribution in [0.25, 0.3) is 6.08 Å². The molecule has 31 heavy (non-hydrogen) atoms. The van der Waals surface area contributed by atoms with Crippen LogP contribution in [0, 0.1) is 6.92 Å². The van der Waals surface area contributed by atoms with E-state index < -0.39 is 0 Å². The SMILES string of the molecule is Cc1ccccc1/C=C/C(=O)Nc1ccc(Nc2cc(N3CCOCC3)cnn2)cc1. The summed E-state index contributed by atoms with van der Waals surface area (Å²) < 4.78 is 5.40. The largest absolute Gasteiger partial charge is 0.378 e. The number of morpholine rings is 1. The molecule has 2 heterocycles. The van der Waals surface area contributed by atoms with Crippen molar-refractivity contribution in [1.82, 2.24) is 10.2 Å². The van der Waals surface area contributed by atoms with Gasteiger partial charge >= 0.3 is 0 Å². The number of carbonyl (C=O) groups is 1. The summed E-state index contributed by atoms with van der Waals surface area (Å²) in [6.07, 6.45) is 5.13. The van der Waals surface area contributed by atoms with Gasteiger partial charge in [0.1, 0.15) is 0 Å². The predicted octanol–water partition coefficient (Wildman–Crippen LogP) is 4.02. The lowest BCUT2D eigenvalue weighted by Gasteiger charge is -2.28. The summed E-state index contributed by atoms with van der Waals surface area (Å²) in [4.78, 5) is 14.4. The number of hydrogen-bond donors (Lipinski definition) is 2. The van der Waals surface area contributed by atoms with E-state index in [1.165, 1.54) is 0 Å². The maximum atomic E-state index is 12.2. The van der Waals surface area contributed by atoms with E-state index in [4.69, 9.17) is 4.74 Å². The fraction of sp³-hybridized carbons (Fsp3) is 0.208. The summed E-state index contributed by atoms with van der Waals surface area (Å²) in [5.74, 6) is 0.495. The lowest BCUT2D eigenvalue weighted by atomic mass is 10.1. The highest BCUT2D eigenvalue weighted by Gasteiger charge is 2.12. The van der Waals surface area contributed by atoms with Crippen LogP contribution in [-0.4, -0.2) is 42.4 Å². The lowest BCUT2D eigenvalue weighted by molar-refractivity contribution is -0.111. The topological polar surface area (TPSA) is 79.4 Å². The summed E-state index contributed by atoms with van der Waals surface area (Å²) in [5, 5.41) is 14.4. The average molecular weight is 415 g/mol. The van der Waals surface area contributed by atoms with Crippen molar-refractivity contribution in [2.45, 2.75) is 6.92 Å². The van der Waals surface area contributed by atoms with E-state index in [9.17, 15) is 4.79 Å². The Bertz CT molecular complexity index is 1060. The molecule has 7 nitrogen and oxygen atoms in total. The number of rotatable bonds is 6. The van der Waals surface area contributed by atoms with Crippen molar-refractivity contribution in [2.75, 3.05) is 41.8 Å². The molecule has 1 amide bonds. The third kappa shape index (κ3) is 5.67. The minimum Gasteiger partial charge on any atom is -0.378 e. The number of amides is 1. The molecule has 1 aromatic heterocycles. The number of nitrogens with one attached hydrogen (secondary N) is 2. The molecule has 3 aromatic rings. The zero-order chi connectivity index (χ0) is 21.5. The van der Waals surface area contributed by atoms with Gasteiger partial charge in [0.15, 0.2) is 5.82 Å². The quantitative estimate of drug-likeness (QED) is 0.592. The van der Waals surface area contributed by atoms with Crippen LogP contribution in [0.3, 0.4) is 0 Å². The molecule has 0 saturated carbocycles. The van der Waals surface area contributed by atoms with Gasteiger partial charge in [0.25, 0.3) is 0 Å². The second-order valence-electron chi connectivity index (χ2n) is 7.28. The highest BCUT2D eigenvalue weighted by molar-refractivity contribution is 6.02. The number of aryl methyl sites for hydroxylation is 1. The monoisotopic (exact) mass is 415 g/mol. The molecular formula is C24H25N5O2. The number of benzene rings is 2. The fourth-order valence-corrected chi connectivity index (χ4v) is 3.32. The van der Waals surface area contributed by atoms with Gasteiger partial charge in [0, 0.05) is 36.6 Å². The minimum atomic E-state index is -0.173. The van der Waals surface area contributed by atoms with E-state index >= 15 is 0 Å². The molecule has 0 radical (unpaired) electrons. The summed E-state index contributed by atoms with van der Waals surface area (Å²) in [7, 11) is 0. The van der Waals surface area contributed by atoms with Gasteiger partial charge in [0.05, 0.1) is 25.1 Å². The highest BCUT2D eigenvalue weighted by atomic mass is 16.5. The van der Waals surface area contributed by atoms with E-state index in [0.29, 0.717) is 5.82 Å². The number of ether oxygens (including phenoxy) is 1. The van der Waals surface area contributed by atoms with Gasteiger partial charge < -0.3 is 20.3 Å². The van der Waals surface area contributed by atoms with Crippen LogP contribution in [0.5, 0.6) is 0 Å².